The highest BCUT2D eigenvalue weighted by molar-refractivity contribution is 7.80. The summed E-state index contributed by atoms with van der Waals surface area (Å²) in [6, 6.07) is 11.1. The van der Waals surface area contributed by atoms with Crippen molar-refractivity contribution >= 4 is 46.2 Å². The van der Waals surface area contributed by atoms with E-state index in [0.717, 1.165) is 17.0 Å². The molecule has 0 spiro atoms. The number of halogens is 2. The molecule has 0 aromatic heterocycles. The lowest BCUT2D eigenvalue weighted by Crippen LogP contribution is -2.65. The highest BCUT2D eigenvalue weighted by atomic mass is 35.5. The van der Waals surface area contributed by atoms with Gasteiger partial charge in [-0.05, 0) is 55.5 Å². The van der Waals surface area contributed by atoms with Crippen molar-refractivity contribution in [3.63, 3.8) is 0 Å². The van der Waals surface area contributed by atoms with Gasteiger partial charge in [-0.25, -0.2) is 0 Å². The predicted octanol–water partition coefficient (Wildman–Crippen LogP) is 4.94. The Balaban J connectivity index is 1.83. The molecule has 0 saturated carbocycles. The number of fused-ring (bicyclic) bond motifs is 4. The van der Waals surface area contributed by atoms with Gasteiger partial charge < -0.3 is 14.8 Å². The minimum Gasteiger partial charge on any atom is -0.495 e. The highest BCUT2D eigenvalue weighted by Crippen LogP contribution is 2.48. The van der Waals surface area contributed by atoms with Gasteiger partial charge in [-0.1, -0.05) is 23.2 Å². The molecule has 2 atom stereocenters. The van der Waals surface area contributed by atoms with E-state index in [1.165, 1.54) is 0 Å². The van der Waals surface area contributed by atoms with E-state index < -0.39 is 5.72 Å². The largest absolute Gasteiger partial charge is 0.495 e. The number of ether oxygens (including phenoxy) is 2. The average molecular weight is 395 g/mol. The number of anilines is 1. The lowest BCUT2D eigenvalue weighted by Gasteiger charge is -2.52. The Morgan fingerprint density at radius 1 is 1.24 bits per heavy atom. The molecule has 2 aliphatic rings. The van der Waals surface area contributed by atoms with E-state index in [1.807, 2.05) is 42.2 Å². The SMILES string of the molecule is COc1ccc(Cl)cc1N1C(=S)N[C@H]2C[C@@]1(C)Oc1ccc(Cl)cc12. The van der Waals surface area contributed by atoms with Crippen LogP contribution in [0.15, 0.2) is 36.4 Å². The third-order valence-electron chi connectivity index (χ3n) is 4.62. The number of rotatable bonds is 2. The van der Waals surface area contributed by atoms with Crippen LogP contribution in [0.25, 0.3) is 0 Å². The van der Waals surface area contributed by atoms with E-state index in [-0.39, 0.29) is 6.04 Å². The zero-order valence-electron chi connectivity index (χ0n) is 13.7. The first-order valence-corrected chi connectivity index (χ1v) is 9.00. The fourth-order valence-corrected chi connectivity index (χ4v) is 4.33. The fraction of sp³-hybridized carbons (Fsp3) is 0.278. The summed E-state index contributed by atoms with van der Waals surface area (Å²) in [6.45, 7) is 2.02. The van der Waals surface area contributed by atoms with Crippen LogP contribution >= 0.6 is 35.4 Å². The molecule has 2 heterocycles. The third kappa shape index (κ3) is 2.71. The maximum Gasteiger partial charge on any atom is 0.188 e. The van der Waals surface area contributed by atoms with Crippen LogP contribution in [-0.2, 0) is 0 Å². The molecule has 1 saturated heterocycles. The molecule has 0 amide bonds. The van der Waals surface area contributed by atoms with Gasteiger partial charge in [-0.3, -0.25) is 4.90 Å². The molecule has 0 aliphatic carbocycles. The molecule has 2 bridgehead atoms. The highest BCUT2D eigenvalue weighted by Gasteiger charge is 2.49. The van der Waals surface area contributed by atoms with Crippen LogP contribution in [0.1, 0.15) is 24.9 Å². The van der Waals surface area contributed by atoms with E-state index in [9.17, 15) is 0 Å². The van der Waals surface area contributed by atoms with Gasteiger partial charge in [0.25, 0.3) is 0 Å². The normalized spacial score (nSPS) is 24.2. The number of hydrogen-bond donors (Lipinski definition) is 1. The quantitative estimate of drug-likeness (QED) is 0.729. The lowest BCUT2D eigenvalue weighted by molar-refractivity contribution is 0.0494. The zero-order valence-corrected chi connectivity index (χ0v) is 16.0. The monoisotopic (exact) mass is 394 g/mol. The van der Waals surface area contributed by atoms with Gasteiger partial charge in [-0.15, -0.1) is 0 Å². The van der Waals surface area contributed by atoms with Crippen molar-refractivity contribution in [2.24, 2.45) is 0 Å². The summed E-state index contributed by atoms with van der Waals surface area (Å²) in [5.41, 5.74) is 1.13. The maximum atomic E-state index is 6.36. The molecule has 2 aliphatic heterocycles. The number of benzene rings is 2. The molecule has 2 aromatic rings. The number of thiocarbonyl (C=S) groups is 1. The van der Waals surface area contributed by atoms with E-state index in [4.69, 9.17) is 44.9 Å². The van der Waals surface area contributed by atoms with Crippen molar-refractivity contribution in [2.45, 2.75) is 25.1 Å². The van der Waals surface area contributed by atoms with Crippen molar-refractivity contribution in [2.75, 3.05) is 12.0 Å². The third-order valence-corrected chi connectivity index (χ3v) is 5.39. The summed E-state index contributed by atoms with van der Waals surface area (Å²) in [5.74, 6) is 1.47. The number of methoxy groups -OCH3 is 1. The average Bonchev–Trinajstić information content (AvgIpc) is 2.55. The first-order chi connectivity index (χ1) is 11.9. The Hall–Kier alpha value is -1.69. The molecular formula is C18H16Cl2N2O2S. The van der Waals surface area contributed by atoms with E-state index >= 15 is 0 Å². The minimum atomic E-state index is -0.661. The molecular weight excluding hydrogens is 379 g/mol. The zero-order chi connectivity index (χ0) is 17.8. The van der Waals surface area contributed by atoms with Crippen LogP contribution in [0.5, 0.6) is 11.5 Å². The van der Waals surface area contributed by atoms with Gasteiger partial charge in [0.05, 0.1) is 18.8 Å². The second kappa shape index (κ2) is 5.94. The van der Waals surface area contributed by atoms with Crippen molar-refractivity contribution in [3.05, 3.63) is 52.0 Å². The van der Waals surface area contributed by atoms with Gasteiger partial charge in [0.1, 0.15) is 11.5 Å². The van der Waals surface area contributed by atoms with E-state index in [0.29, 0.717) is 27.3 Å². The summed E-state index contributed by atoms with van der Waals surface area (Å²) in [5, 5.41) is 5.24. The lowest BCUT2D eigenvalue weighted by atomic mass is 9.90. The summed E-state index contributed by atoms with van der Waals surface area (Å²) in [6.07, 6.45) is 0.705. The van der Waals surface area contributed by atoms with Gasteiger partial charge in [0.2, 0.25) is 0 Å². The summed E-state index contributed by atoms with van der Waals surface area (Å²) >= 11 is 18.0. The predicted molar refractivity (Wildman–Crippen MR) is 104 cm³/mol. The molecule has 1 fully saturated rings. The van der Waals surface area contributed by atoms with Crippen molar-refractivity contribution in [1.29, 1.82) is 0 Å². The van der Waals surface area contributed by atoms with E-state index in [2.05, 4.69) is 5.32 Å². The Labute approximate surface area is 161 Å². The van der Waals surface area contributed by atoms with Gasteiger partial charge in [-0.2, -0.15) is 0 Å². The van der Waals surface area contributed by atoms with Gasteiger partial charge in [0.15, 0.2) is 10.8 Å². The number of nitrogens with one attached hydrogen (secondary N) is 1. The minimum absolute atomic E-state index is 0.0429. The first kappa shape index (κ1) is 16.8. The first-order valence-electron chi connectivity index (χ1n) is 7.84. The molecule has 1 N–H and O–H groups in total. The molecule has 0 radical (unpaired) electrons. The van der Waals surface area contributed by atoms with Gasteiger partial charge in [0, 0.05) is 22.0 Å². The molecule has 0 unspecified atom stereocenters. The van der Waals surface area contributed by atoms with Crippen molar-refractivity contribution < 1.29 is 9.47 Å². The Bertz CT molecular complexity index is 876. The van der Waals surface area contributed by atoms with Crippen molar-refractivity contribution in [1.82, 2.24) is 5.32 Å². The van der Waals surface area contributed by atoms with Crippen LogP contribution < -0.4 is 19.7 Å². The van der Waals surface area contributed by atoms with E-state index in [1.54, 1.807) is 13.2 Å². The maximum absolute atomic E-state index is 6.36. The second-order valence-electron chi connectivity index (χ2n) is 6.32. The van der Waals surface area contributed by atoms with Crippen LogP contribution in [0, 0.1) is 0 Å². The summed E-state index contributed by atoms with van der Waals surface area (Å²) in [7, 11) is 1.62. The smallest absolute Gasteiger partial charge is 0.188 e. The standard InChI is InChI=1S/C18H16Cl2N2O2S/c1-18-9-13(12-7-10(19)3-5-15(12)24-18)21-17(25)22(18)14-8-11(20)4-6-16(14)23-2/h3-8,13H,9H2,1-2H3,(H,21,25)/t13-,18+/m0/s1. The Kier molecular flexibility index (Phi) is 3.98. The molecule has 2 aromatic carbocycles. The molecule has 130 valence electrons. The van der Waals surface area contributed by atoms with Crippen LogP contribution in [0.3, 0.4) is 0 Å². The Morgan fingerprint density at radius 3 is 2.72 bits per heavy atom. The number of hydrogen-bond acceptors (Lipinski definition) is 3. The molecule has 4 nitrogen and oxygen atoms in total. The number of nitrogens with zero attached hydrogens (tertiary/aromatic N) is 1. The van der Waals surface area contributed by atoms with Gasteiger partial charge >= 0.3 is 0 Å². The Morgan fingerprint density at radius 2 is 1.96 bits per heavy atom. The summed E-state index contributed by atoms with van der Waals surface area (Å²) < 4.78 is 11.9. The second-order valence-corrected chi connectivity index (χ2v) is 7.58. The summed E-state index contributed by atoms with van der Waals surface area (Å²) in [4.78, 5) is 1.93. The van der Waals surface area contributed by atoms with Crippen LogP contribution in [0.4, 0.5) is 5.69 Å². The molecule has 7 heteroatoms. The van der Waals surface area contributed by atoms with Crippen molar-refractivity contribution in [3.8, 4) is 11.5 Å². The topological polar surface area (TPSA) is 33.7 Å². The van der Waals surface area contributed by atoms with Crippen LogP contribution in [-0.4, -0.2) is 17.9 Å². The molecule has 25 heavy (non-hydrogen) atoms. The van der Waals surface area contributed by atoms with Crippen LogP contribution in [0.2, 0.25) is 10.0 Å². The molecule has 4 rings (SSSR count). The fourth-order valence-electron chi connectivity index (χ4n) is 3.55.